The van der Waals surface area contributed by atoms with Gasteiger partial charge < -0.3 is 10.1 Å². The molecule has 2 aromatic rings. The number of benzene rings is 1. The summed E-state index contributed by atoms with van der Waals surface area (Å²) in [7, 11) is 1.65. The number of amides is 1. The van der Waals surface area contributed by atoms with Gasteiger partial charge in [-0.2, -0.15) is 0 Å². The number of carbonyl (C=O) groups is 1. The summed E-state index contributed by atoms with van der Waals surface area (Å²) < 4.78 is 5.30. The highest BCUT2D eigenvalue weighted by Gasteiger charge is 2.06. The van der Waals surface area contributed by atoms with Crippen molar-refractivity contribution >= 4 is 17.2 Å². The highest BCUT2D eigenvalue weighted by atomic mass is 32.1. The Kier molecular flexibility index (Phi) is 5.18. The number of methoxy groups -OCH3 is 1. The minimum Gasteiger partial charge on any atom is -0.496 e. The van der Waals surface area contributed by atoms with Gasteiger partial charge in [0, 0.05) is 23.4 Å². The van der Waals surface area contributed by atoms with Crippen molar-refractivity contribution in [3.63, 3.8) is 0 Å². The van der Waals surface area contributed by atoms with Crippen LogP contribution in [0.5, 0.6) is 5.75 Å². The molecule has 0 aliphatic rings. The van der Waals surface area contributed by atoms with Crippen molar-refractivity contribution in [3.8, 4) is 5.75 Å². The van der Waals surface area contributed by atoms with Crippen LogP contribution in [0.1, 0.15) is 22.4 Å². The lowest BCUT2D eigenvalue weighted by Crippen LogP contribution is -2.23. The molecule has 0 atom stereocenters. The Bertz CT molecular complexity index is 564. The predicted octanol–water partition coefficient (Wildman–Crippen LogP) is 3.31. The second-order valence-corrected chi connectivity index (χ2v) is 5.70. The molecule has 0 aliphatic heterocycles. The van der Waals surface area contributed by atoms with Crippen molar-refractivity contribution < 1.29 is 9.53 Å². The summed E-state index contributed by atoms with van der Waals surface area (Å²) in [6.07, 6.45) is 1.32. The molecule has 0 aliphatic carbocycles. The zero-order valence-electron chi connectivity index (χ0n) is 11.8. The van der Waals surface area contributed by atoms with Gasteiger partial charge in [0.1, 0.15) is 5.75 Å². The number of nitrogens with one attached hydrogen (secondary N) is 1. The minimum absolute atomic E-state index is 0.0713. The van der Waals surface area contributed by atoms with Crippen molar-refractivity contribution in [1.82, 2.24) is 5.32 Å². The number of ether oxygens (including phenoxy) is 1. The third kappa shape index (κ3) is 4.10. The lowest BCUT2D eigenvalue weighted by atomic mass is 10.1. The minimum atomic E-state index is 0.0713. The molecule has 106 valence electrons. The number of hydrogen-bond donors (Lipinski definition) is 1. The zero-order valence-corrected chi connectivity index (χ0v) is 12.6. The molecule has 1 amide bonds. The third-order valence-corrected chi connectivity index (χ3v) is 4.03. The van der Waals surface area contributed by atoms with Crippen LogP contribution < -0.4 is 10.1 Å². The standard InChI is InChI=1S/C16H19NO2S/c1-12-5-7-15(19-2)13(10-12)11-17-16(18)8-6-14-4-3-9-20-14/h3-5,7,9-10H,6,8,11H2,1-2H3,(H,17,18). The quantitative estimate of drug-likeness (QED) is 0.886. The molecule has 0 radical (unpaired) electrons. The average molecular weight is 289 g/mol. The van der Waals surface area contributed by atoms with E-state index >= 15 is 0 Å². The van der Waals surface area contributed by atoms with Crippen LogP contribution in [-0.2, 0) is 17.8 Å². The Balaban J connectivity index is 1.85. The lowest BCUT2D eigenvalue weighted by Gasteiger charge is -2.10. The maximum Gasteiger partial charge on any atom is 0.220 e. The van der Waals surface area contributed by atoms with E-state index in [0.717, 1.165) is 23.3 Å². The van der Waals surface area contributed by atoms with Crippen LogP contribution >= 0.6 is 11.3 Å². The van der Waals surface area contributed by atoms with Gasteiger partial charge in [0.05, 0.1) is 7.11 Å². The first-order valence-corrected chi connectivity index (χ1v) is 7.49. The van der Waals surface area contributed by atoms with Gasteiger partial charge in [-0.1, -0.05) is 23.8 Å². The second-order valence-electron chi connectivity index (χ2n) is 4.67. The van der Waals surface area contributed by atoms with E-state index < -0.39 is 0 Å². The molecule has 2 rings (SSSR count). The molecule has 1 aromatic heterocycles. The van der Waals surface area contributed by atoms with Crippen molar-refractivity contribution in [3.05, 3.63) is 51.7 Å². The Labute approximate surface area is 123 Å². The van der Waals surface area contributed by atoms with E-state index in [1.807, 2.05) is 36.6 Å². The Morgan fingerprint density at radius 1 is 1.35 bits per heavy atom. The fourth-order valence-corrected chi connectivity index (χ4v) is 2.73. The molecule has 3 nitrogen and oxygen atoms in total. The molecule has 1 aromatic carbocycles. The molecule has 1 N–H and O–H groups in total. The number of carbonyl (C=O) groups excluding carboxylic acids is 1. The predicted molar refractivity (Wildman–Crippen MR) is 82.2 cm³/mol. The summed E-state index contributed by atoms with van der Waals surface area (Å²) in [5.74, 6) is 0.885. The van der Waals surface area contributed by atoms with Gasteiger partial charge in [-0.05, 0) is 30.9 Å². The maximum absolute atomic E-state index is 11.8. The smallest absolute Gasteiger partial charge is 0.220 e. The van der Waals surface area contributed by atoms with E-state index in [2.05, 4.69) is 11.4 Å². The maximum atomic E-state index is 11.8. The first-order chi connectivity index (χ1) is 9.69. The molecule has 0 bridgehead atoms. The van der Waals surface area contributed by atoms with E-state index in [9.17, 15) is 4.79 Å². The van der Waals surface area contributed by atoms with Crippen LogP contribution in [0.2, 0.25) is 0 Å². The summed E-state index contributed by atoms with van der Waals surface area (Å²) in [6.45, 7) is 2.54. The molecular formula is C16H19NO2S. The summed E-state index contributed by atoms with van der Waals surface area (Å²) >= 11 is 1.69. The van der Waals surface area contributed by atoms with Gasteiger partial charge >= 0.3 is 0 Å². The van der Waals surface area contributed by atoms with Crippen LogP contribution in [-0.4, -0.2) is 13.0 Å². The summed E-state index contributed by atoms with van der Waals surface area (Å²) in [5, 5.41) is 4.98. The van der Waals surface area contributed by atoms with Gasteiger partial charge in [-0.3, -0.25) is 4.79 Å². The van der Waals surface area contributed by atoms with Crippen LogP contribution in [0.25, 0.3) is 0 Å². The lowest BCUT2D eigenvalue weighted by molar-refractivity contribution is -0.121. The van der Waals surface area contributed by atoms with Crippen LogP contribution in [0.4, 0.5) is 0 Å². The van der Waals surface area contributed by atoms with Crippen molar-refractivity contribution in [2.45, 2.75) is 26.3 Å². The number of hydrogen-bond acceptors (Lipinski definition) is 3. The van der Waals surface area contributed by atoms with Gasteiger partial charge in [0.15, 0.2) is 0 Å². The summed E-state index contributed by atoms with van der Waals surface area (Å²) in [6, 6.07) is 10.0. The highest BCUT2D eigenvalue weighted by molar-refractivity contribution is 7.09. The molecule has 0 fully saturated rings. The van der Waals surface area contributed by atoms with E-state index in [1.165, 1.54) is 4.88 Å². The van der Waals surface area contributed by atoms with Crippen LogP contribution in [0.15, 0.2) is 35.7 Å². The van der Waals surface area contributed by atoms with Crippen LogP contribution in [0.3, 0.4) is 0 Å². The fourth-order valence-electron chi connectivity index (χ4n) is 2.02. The van der Waals surface area contributed by atoms with Gasteiger partial charge in [0.2, 0.25) is 5.91 Å². The molecule has 4 heteroatoms. The van der Waals surface area contributed by atoms with Gasteiger partial charge in [-0.25, -0.2) is 0 Å². The van der Waals surface area contributed by atoms with Gasteiger partial charge in [-0.15, -0.1) is 11.3 Å². The molecule has 20 heavy (non-hydrogen) atoms. The Morgan fingerprint density at radius 3 is 2.90 bits per heavy atom. The summed E-state index contributed by atoms with van der Waals surface area (Å²) in [5.41, 5.74) is 2.17. The molecular weight excluding hydrogens is 270 g/mol. The first kappa shape index (κ1) is 14.6. The summed E-state index contributed by atoms with van der Waals surface area (Å²) in [4.78, 5) is 13.1. The Morgan fingerprint density at radius 2 is 2.20 bits per heavy atom. The zero-order chi connectivity index (χ0) is 14.4. The van der Waals surface area contributed by atoms with E-state index in [-0.39, 0.29) is 5.91 Å². The van der Waals surface area contributed by atoms with E-state index in [1.54, 1.807) is 18.4 Å². The van der Waals surface area contributed by atoms with E-state index in [0.29, 0.717) is 13.0 Å². The molecule has 1 heterocycles. The topological polar surface area (TPSA) is 38.3 Å². The third-order valence-electron chi connectivity index (χ3n) is 3.09. The largest absolute Gasteiger partial charge is 0.496 e. The highest BCUT2D eigenvalue weighted by Crippen LogP contribution is 2.19. The SMILES string of the molecule is COc1ccc(C)cc1CNC(=O)CCc1cccs1. The Hall–Kier alpha value is -1.81. The molecule has 0 saturated carbocycles. The second kappa shape index (κ2) is 7.10. The van der Waals surface area contributed by atoms with Gasteiger partial charge in [0.25, 0.3) is 0 Å². The average Bonchev–Trinajstić information content (AvgIpc) is 2.96. The monoisotopic (exact) mass is 289 g/mol. The molecule has 0 spiro atoms. The van der Waals surface area contributed by atoms with E-state index in [4.69, 9.17) is 4.74 Å². The molecule has 0 saturated heterocycles. The number of rotatable bonds is 6. The first-order valence-electron chi connectivity index (χ1n) is 6.61. The number of thiophene rings is 1. The van der Waals surface area contributed by atoms with Crippen LogP contribution in [0, 0.1) is 6.92 Å². The number of aryl methyl sites for hydroxylation is 2. The van der Waals surface area contributed by atoms with Crippen molar-refractivity contribution in [2.24, 2.45) is 0 Å². The molecule has 0 unspecified atom stereocenters. The normalized spacial score (nSPS) is 10.3. The van der Waals surface area contributed by atoms with Crippen molar-refractivity contribution in [1.29, 1.82) is 0 Å². The fraction of sp³-hybridized carbons (Fsp3) is 0.312. The van der Waals surface area contributed by atoms with Crippen molar-refractivity contribution in [2.75, 3.05) is 7.11 Å².